The van der Waals surface area contributed by atoms with E-state index in [1.54, 1.807) is 17.8 Å². The monoisotopic (exact) mass is 319 g/mol. The maximum absolute atomic E-state index is 14.3. The van der Waals surface area contributed by atoms with E-state index in [9.17, 15) is 4.39 Å². The van der Waals surface area contributed by atoms with Crippen LogP contribution in [0.4, 0.5) is 10.2 Å². The van der Waals surface area contributed by atoms with Crippen LogP contribution in [-0.2, 0) is 0 Å². The molecule has 2 aromatic heterocycles. The molecule has 0 aliphatic carbocycles. The van der Waals surface area contributed by atoms with Crippen LogP contribution in [0, 0.1) is 5.82 Å². The first-order chi connectivity index (χ1) is 10.2. The van der Waals surface area contributed by atoms with Gasteiger partial charge in [-0.15, -0.1) is 23.1 Å². The van der Waals surface area contributed by atoms with E-state index in [4.69, 9.17) is 0 Å². The van der Waals surface area contributed by atoms with Crippen LogP contribution in [0.3, 0.4) is 0 Å². The highest BCUT2D eigenvalue weighted by Crippen LogP contribution is 2.34. The highest BCUT2D eigenvalue weighted by molar-refractivity contribution is 7.99. The molecule has 2 heterocycles. The van der Waals surface area contributed by atoms with Crippen molar-refractivity contribution < 1.29 is 4.39 Å². The SMILES string of the molecule is CCSc1cccc(F)c1-c1nc(NC)c2ccsc2n1. The number of fused-ring (bicyclic) bond motifs is 1. The lowest BCUT2D eigenvalue weighted by atomic mass is 10.2. The van der Waals surface area contributed by atoms with E-state index in [0.29, 0.717) is 11.4 Å². The highest BCUT2D eigenvalue weighted by atomic mass is 32.2. The molecule has 0 saturated heterocycles. The molecule has 0 radical (unpaired) electrons. The van der Waals surface area contributed by atoms with Crippen molar-refractivity contribution in [1.29, 1.82) is 0 Å². The summed E-state index contributed by atoms with van der Waals surface area (Å²) in [5.41, 5.74) is 0.483. The molecule has 0 atom stereocenters. The number of benzene rings is 1. The molecule has 6 heteroatoms. The van der Waals surface area contributed by atoms with Gasteiger partial charge in [-0.1, -0.05) is 13.0 Å². The van der Waals surface area contributed by atoms with Gasteiger partial charge in [0.05, 0.1) is 10.9 Å². The minimum Gasteiger partial charge on any atom is -0.372 e. The Labute approximate surface area is 130 Å². The zero-order chi connectivity index (χ0) is 14.8. The van der Waals surface area contributed by atoms with Crippen LogP contribution in [0.25, 0.3) is 21.6 Å². The number of hydrogen-bond donors (Lipinski definition) is 1. The van der Waals surface area contributed by atoms with Crippen LogP contribution in [0.15, 0.2) is 34.5 Å². The first-order valence-corrected chi connectivity index (χ1v) is 8.45. The van der Waals surface area contributed by atoms with Crippen LogP contribution in [0.2, 0.25) is 0 Å². The highest BCUT2D eigenvalue weighted by Gasteiger charge is 2.16. The predicted molar refractivity (Wildman–Crippen MR) is 88.8 cm³/mol. The van der Waals surface area contributed by atoms with E-state index in [2.05, 4.69) is 15.3 Å². The molecule has 3 nitrogen and oxygen atoms in total. The third-order valence-electron chi connectivity index (χ3n) is 3.06. The third-order valence-corrected chi connectivity index (χ3v) is 4.81. The van der Waals surface area contributed by atoms with E-state index < -0.39 is 0 Å². The van der Waals surface area contributed by atoms with Gasteiger partial charge in [-0.3, -0.25) is 0 Å². The Hall–Kier alpha value is -1.66. The van der Waals surface area contributed by atoms with Gasteiger partial charge >= 0.3 is 0 Å². The molecule has 0 spiro atoms. The van der Waals surface area contributed by atoms with Crippen molar-refractivity contribution in [3.05, 3.63) is 35.5 Å². The maximum atomic E-state index is 14.3. The molecular formula is C15H14FN3S2. The summed E-state index contributed by atoms with van der Waals surface area (Å²) in [6, 6.07) is 7.06. The van der Waals surface area contributed by atoms with Crippen LogP contribution >= 0.6 is 23.1 Å². The van der Waals surface area contributed by atoms with Crippen LogP contribution in [0.5, 0.6) is 0 Å². The molecule has 3 rings (SSSR count). The molecule has 1 N–H and O–H groups in total. The number of thioether (sulfide) groups is 1. The minimum atomic E-state index is -0.286. The molecule has 21 heavy (non-hydrogen) atoms. The molecule has 0 saturated carbocycles. The Bertz CT molecular complexity index is 786. The molecule has 0 unspecified atom stereocenters. The summed E-state index contributed by atoms with van der Waals surface area (Å²) in [6.45, 7) is 2.04. The van der Waals surface area contributed by atoms with E-state index in [1.165, 1.54) is 17.4 Å². The van der Waals surface area contributed by atoms with Crippen molar-refractivity contribution in [3.8, 4) is 11.4 Å². The average molecular weight is 319 g/mol. The zero-order valence-electron chi connectivity index (χ0n) is 11.7. The topological polar surface area (TPSA) is 37.8 Å². The summed E-state index contributed by atoms with van der Waals surface area (Å²) in [4.78, 5) is 10.8. The molecule has 3 aromatic rings. The number of rotatable bonds is 4. The standard InChI is InChI=1S/C15H14FN3S2/c1-3-20-11-6-4-5-10(16)12(11)14-18-13(17-2)9-7-8-21-15(9)19-14/h4-8H,3H2,1-2H3,(H,17,18,19). The lowest BCUT2D eigenvalue weighted by Crippen LogP contribution is -1.99. The molecule has 0 bridgehead atoms. The smallest absolute Gasteiger partial charge is 0.167 e. The van der Waals surface area contributed by atoms with E-state index in [-0.39, 0.29) is 5.82 Å². The van der Waals surface area contributed by atoms with Gasteiger partial charge < -0.3 is 5.32 Å². The van der Waals surface area contributed by atoms with E-state index in [0.717, 1.165) is 26.7 Å². The summed E-state index contributed by atoms with van der Waals surface area (Å²) in [6.07, 6.45) is 0. The van der Waals surface area contributed by atoms with Gasteiger partial charge in [0, 0.05) is 11.9 Å². The van der Waals surface area contributed by atoms with Crippen molar-refractivity contribution >= 4 is 39.1 Å². The number of thiophene rings is 1. The first kappa shape index (κ1) is 14.3. The fourth-order valence-electron chi connectivity index (χ4n) is 2.15. The average Bonchev–Trinajstić information content (AvgIpc) is 2.95. The number of anilines is 1. The maximum Gasteiger partial charge on any atom is 0.167 e. The van der Waals surface area contributed by atoms with Crippen LogP contribution < -0.4 is 5.32 Å². The molecule has 0 aliphatic rings. The van der Waals surface area contributed by atoms with Crippen molar-refractivity contribution in [2.75, 3.05) is 18.1 Å². The molecular weight excluding hydrogens is 305 g/mol. The lowest BCUT2D eigenvalue weighted by Gasteiger charge is -2.10. The summed E-state index contributed by atoms with van der Waals surface area (Å²) in [5.74, 6) is 1.75. The second-order valence-electron chi connectivity index (χ2n) is 4.33. The number of halogens is 1. The number of nitrogens with zero attached hydrogens (tertiary/aromatic N) is 2. The van der Waals surface area contributed by atoms with Gasteiger partial charge in [-0.05, 0) is 29.3 Å². The predicted octanol–water partition coefficient (Wildman–Crippen LogP) is 4.65. The van der Waals surface area contributed by atoms with Crippen LogP contribution in [-0.4, -0.2) is 22.8 Å². The van der Waals surface area contributed by atoms with Crippen molar-refractivity contribution in [2.45, 2.75) is 11.8 Å². The zero-order valence-corrected chi connectivity index (χ0v) is 13.3. The van der Waals surface area contributed by atoms with Crippen molar-refractivity contribution in [3.63, 3.8) is 0 Å². The van der Waals surface area contributed by atoms with Gasteiger partial charge in [0.1, 0.15) is 16.5 Å². The summed E-state index contributed by atoms with van der Waals surface area (Å²) >= 11 is 3.13. The Kier molecular flexibility index (Phi) is 4.07. The van der Waals surface area contributed by atoms with Gasteiger partial charge in [0.15, 0.2) is 5.82 Å². The van der Waals surface area contributed by atoms with Crippen molar-refractivity contribution in [2.24, 2.45) is 0 Å². The largest absolute Gasteiger partial charge is 0.372 e. The number of nitrogens with one attached hydrogen (secondary N) is 1. The Balaban J connectivity index is 2.25. The van der Waals surface area contributed by atoms with Crippen LogP contribution in [0.1, 0.15) is 6.92 Å². The van der Waals surface area contributed by atoms with Gasteiger partial charge in [0.25, 0.3) is 0 Å². The fraction of sp³-hybridized carbons (Fsp3) is 0.200. The first-order valence-electron chi connectivity index (χ1n) is 6.59. The van der Waals surface area contributed by atoms with E-state index in [1.807, 2.05) is 31.5 Å². The number of hydrogen-bond acceptors (Lipinski definition) is 5. The van der Waals surface area contributed by atoms with Gasteiger partial charge in [0.2, 0.25) is 0 Å². The quantitative estimate of drug-likeness (QED) is 0.710. The molecule has 0 aliphatic heterocycles. The second-order valence-corrected chi connectivity index (χ2v) is 6.53. The van der Waals surface area contributed by atoms with E-state index >= 15 is 0 Å². The Morgan fingerprint density at radius 1 is 1.29 bits per heavy atom. The molecule has 0 fully saturated rings. The summed E-state index contributed by atoms with van der Waals surface area (Å²) in [7, 11) is 1.81. The molecule has 108 valence electrons. The third kappa shape index (κ3) is 2.61. The lowest BCUT2D eigenvalue weighted by molar-refractivity contribution is 0.627. The minimum absolute atomic E-state index is 0.286. The second kappa shape index (κ2) is 5.99. The Morgan fingerprint density at radius 2 is 2.14 bits per heavy atom. The molecule has 1 aromatic carbocycles. The summed E-state index contributed by atoms with van der Waals surface area (Å²) in [5, 5.41) is 5.99. The number of aromatic nitrogens is 2. The van der Waals surface area contributed by atoms with Crippen molar-refractivity contribution in [1.82, 2.24) is 9.97 Å². The fourth-order valence-corrected chi connectivity index (χ4v) is 3.74. The molecule has 0 amide bonds. The van der Waals surface area contributed by atoms with Gasteiger partial charge in [-0.2, -0.15) is 0 Å². The van der Waals surface area contributed by atoms with Gasteiger partial charge in [-0.25, -0.2) is 14.4 Å². The Morgan fingerprint density at radius 3 is 2.90 bits per heavy atom. The summed E-state index contributed by atoms with van der Waals surface area (Å²) < 4.78 is 14.3. The normalized spacial score (nSPS) is 11.0.